The van der Waals surface area contributed by atoms with Crippen molar-refractivity contribution < 1.29 is 13.2 Å². The van der Waals surface area contributed by atoms with Crippen LogP contribution in [0.2, 0.25) is 5.02 Å². The Labute approximate surface area is 100 Å². The molecular weight excluding hydrogens is 253 g/mol. The molecule has 0 fully saturated rings. The molecule has 2 aromatic rings. The number of nitrogens with zero attached hydrogens (tertiary/aromatic N) is 1. The first-order valence-electron chi connectivity index (χ1n) is 4.78. The minimum absolute atomic E-state index is 0.225. The third-order valence-corrected chi connectivity index (χ3v) is 2.61. The number of H-pyrrole nitrogens is 1. The van der Waals surface area contributed by atoms with Gasteiger partial charge in [0.05, 0.1) is 10.7 Å². The maximum Gasteiger partial charge on any atom is 0.449 e. The van der Waals surface area contributed by atoms with Crippen LogP contribution in [0.5, 0.6) is 0 Å². The summed E-state index contributed by atoms with van der Waals surface area (Å²) in [5, 5.41) is 0.371. The molecule has 0 saturated carbocycles. The van der Waals surface area contributed by atoms with Gasteiger partial charge in [-0.1, -0.05) is 29.8 Å². The quantitative estimate of drug-likeness (QED) is 0.823. The minimum Gasteiger partial charge on any atom is -0.338 e. The summed E-state index contributed by atoms with van der Waals surface area (Å²) < 4.78 is 37.4. The molecular formula is C11H8ClF3N2. The zero-order chi connectivity index (χ0) is 12.6. The number of nitrogens with one attached hydrogen (secondary N) is 1. The van der Waals surface area contributed by atoms with Gasteiger partial charge in [-0.2, -0.15) is 13.2 Å². The maximum absolute atomic E-state index is 12.5. The number of benzene rings is 1. The molecule has 1 N–H and O–H groups in total. The van der Waals surface area contributed by atoms with E-state index in [0.717, 1.165) is 0 Å². The van der Waals surface area contributed by atoms with E-state index in [2.05, 4.69) is 9.97 Å². The molecule has 0 atom stereocenters. The molecule has 0 saturated heterocycles. The Hall–Kier alpha value is -1.49. The molecule has 0 aliphatic heterocycles. The van der Waals surface area contributed by atoms with Crippen LogP contribution in [0.4, 0.5) is 13.2 Å². The normalized spacial score (nSPS) is 11.8. The van der Waals surface area contributed by atoms with E-state index >= 15 is 0 Å². The number of alkyl halides is 3. The second kappa shape index (κ2) is 4.07. The predicted octanol–water partition coefficient (Wildman–Crippen LogP) is 4.06. The predicted molar refractivity (Wildman–Crippen MR) is 58.8 cm³/mol. The van der Waals surface area contributed by atoms with Crippen LogP contribution in [0.15, 0.2) is 24.3 Å². The van der Waals surface area contributed by atoms with E-state index in [1.807, 2.05) is 0 Å². The van der Waals surface area contributed by atoms with Crippen LogP contribution in [-0.4, -0.2) is 9.97 Å². The Kier molecular flexibility index (Phi) is 2.87. The van der Waals surface area contributed by atoms with Crippen molar-refractivity contribution in [3.8, 4) is 11.3 Å². The number of halogens is 4. The van der Waals surface area contributed by atoms with Crippen molar-refractivity contribution in [1.82, 2.24) is 9.97 Å². The summed E-state index contributed by atoms with van der Waals surface area (Å²) in [5.41, 5.74) is 1.05. The third kappa shape index (κ3) is 2.29. The molecule has 0 aliphatic carbocycles. The summed E-state index contributed by atoms with van der Waals surface area (Å²) in [6, 6.07) is 6.64. The van der Waals surface area contributed by atoms with Crippen LogP contribution in [0.3, 0.4) is 0 Å². The SMILES string of the molecule is Cc1[nH]c(C(F)(F)F)nc1-c1ccccc1Cl. The standard InChI is InChI=1S/C11H8ClF3N2/c1-6-9(7-4-2-3-5-8(7)12)17-10(16-6)11(13,14)15/h2-5H,1H3,(H,16,17). The fraction of sp³-hybridized carbons (Fsp3) is 0.182. The van der Waals surface area contributed by atoms with E-state index in [1.54, 1.807) is 24.3 Å². The van der Waals surface area contributed by atoms with Gasteiger partial charge in [-0.05, 0) is 13.0 Å². The van der Waals surface area contributed by atoms with Gasteiger partial charge in [0, 0.05) is 11.3 Å². The molecule has 2 rings (SSSR count). The minimum atomic E-state index is -4.48. The lowest BCUT2D eigenvalue weighted by molar-refractivity contribution is -0.144. The van der Waals surface area contributed by atoms with Gasteiger partial charge in [-0.3, -0.25) is 0 Å². The highest BCUT2D eigenvalue weighted by Gasteiger charge is 2.35. The molecule has 0 unspecified atom stereocenters. The molecule has 6 heteroatoms. The molecule has 2 nitrogen and oxygen atoms in total. The number of rotatable bonds is 1. The first-order valence-corrected chi connectivity index (χ1v) is 5.16. The lowest BCUT2D eigenvalue weighted by Gasteiger charge is -2.01. The summed E-state index contributed by atoms with van der Waals surface area (Å²) >= 11 is 5.92. The van der Waals surface area contributed by atoms with E-state index in [1.165, 1.54) is 6.92 Å². The lowest BCUT2D eigenvalue weighted by atomic mass is 10.1. The highest BCUT2D eigenvalue weighted by atomic mass is 35.5. The highest BCUT2D eigenvalue weighted by Crippen LogP contribution is 2.33. The van der Waals surface area contributed by atoms with Crippen molar-refractivity contribution in [2.24, 2.45) is 0 Å². The van der Waals surface area contributed by atoms with E-state index < -0.39 is 12.0 Å². The lowest BCUT2D eigenvalue weighted by Crippen LogP contribution is -2.07. The monoisotopic (exact) mass is 260 g/mol. The van der Waals surface area contributed by atoms with E-state index in [4.69, 9.17) is 11.6 Å². The van der Waals surface area contributed by atoms with Gasteiger partial charge in [-0.25, -0.2) is 4.98 Å². The van der Waals surface area contributed by atoms with Gasteiger partial charge in [-0.15, -0.1) is 0 Å². The number of imidazole rings is 1. The third-order valence-electron chi connectivity index (χ3n) is 2.28. The Morgan fingerprint density at radius 2 is 1.88 bits per heavy atom. The van der Waals surface area contributed by atoms with Crippen molar-refractivity contribution in [2.45, 2.75) is 13.1 Å². The molecule has 1 aromatic heterocycles. The van der Waals surface area contributed by atoms with E-state index in [9.17, 15) is 13.2 Å². The molecule has 1 aromatic carbocycles. The van der Waals surface area contributed by atoms with Gasteiger partial charge in [0.25, 0.3) is 0 Å². The number of hydrogen-bond donors (Lipinski definition) is 1. The van der Waals surface area contributed by atoms with Crippen LogP contribution in [0.1, 0.15) is 11.5 Å². The molecule has 0 bridgehead atoms. The first-order chi connectivity index (χ1) is 7.89. The summed E-state index contributed by atoms with van der Waals surface area (Å²) in [4.78, 5) is 5.76. The zero-order valence-electron chi connectivity index (χ0n) is 8.77. The maximum atomic E-state index is 12.5. The van der Waals surface area contributed by atoms with Gasteiger partial charge < -0.3 is 4.98 Å². The molecule has 0 amide bonds. The highest BCUT2D eigenvalue weighted by molar-refractivity contribution is 6.33. The second-order valence-corrected chi connectivity index (χ2v) is 3.94. The smallest absolute Gasteiger partial charge is 0.338 e. The first kappa shape index (κ1) is 12.0. The van der Waals surface area contributed by atoms with Gasteiger partial charge in [0.1, 0.15) is 0 Å². The molecule has 0 aliphatic rings. The Morgan fingerprint density at radius 1 is 1.24 bits per heavy atom. The van der Waals surface area contributed by atoms with Crippen LogP contribution < -0.4 is 0 Å². The number of hydrogen-bond acceptors (Lipinski definition) is 1. The number of aromatic nitrogens is 2. The summed E-state index contributed by atoms with van der Waals surface area (Å²) in [5.74, 6) is -1.01. The van der Waals surface area contributed by atoms with Crippen molar-refractivity contribution >= 4 is 11.6 Å². The molecule has 90 valence electrons. The molecule has 1 heterocycles. The summed E-state index contributed by atoms with van der Waals surface area (Å²) in [7, 11) is 0. The fourth-order valence-electron chi connectivity index (χ4n) is 1.51. The van der Waals surface area contributed by atoms with Crippen molar-refractivity contribution in [3.05, 3.63) is 40.8 Å². The summed E-state index contributed by atoms with van der Waals surface area (Å²) in [6.07, 6.45) is -4.48. The largest absolute Gasteiger partial charge is 0.449 e. The Bertz CT molecular complexity index is 546. The zero-order valence-corrected chi connectivity index (χ0v) is 9.52. The van der Waals surface area contributed by atoms with Crippen LogP contribution in [-0.2, 0) is 6.18 Å². The topological polar surface area (TPSA) is 28.7 Å². The Balaban J connectivity index is 2.55. The number of aryl methyl sites for hydroxylation is 1. The van der Waals surface area contributed by atoms with E-state index in [0.29, 0.717) is 16.3 Å². The average molecular weight is 261 g/mol. The van der Waals surface area contributed by atoms with Crippen LogP contribution >= 0.6 is 11.6 Å². The van der Waals surface area contributed by atoms with Crippen molar-refractivity contribution in [1.29, 1.82) is 0 Å². The fourth-order valence-corrected chi connectivity index (χ4v) is 1.74. The second-order valence-electron chi connectivity index (χ2n) is 3.54. The van der Waals surface area contributed by atoms with Gasteiger partial charge in [0.15, 0.2) is 0 Å². The van der Waals surface area contributed by atoms with E-state index in [-0.39, 0.29) is 5.69 Å². The summed E-state index contributed by atoms with van der Waals surface area (Å²) in [6.45, 7) is 1.53. The molecule has 17 heavy (non-hydrogen) atoms. The Morgan fingerprint density at radius 3 is 2.41 bits per heavy atom. The molecule has 0 radical (unpaired) electrons. The van der Waals surface area contributed by atoms with Gasteiger partial charge in [0.2, 0.25) is 5.82 Å². The van der Waals surface area contributed by atoms with Crippen LogP contribution in [0, 0.1) is 6.92 Å². The molecule has 0 spiro atoms. The van der Waals surface area contributed by atoms with Crippen molar-refractivity contribution in [3.63, 3.8) is 0 Å². The number of aromatic amines is 1. The van der Waals surface area contributed by atoms with Gasteiger partial charge >= 0.3 is 6.18 Å². The average Bonchev–Trinajstić information content (AvgIpc) is 2.61. The van der Waals surface area contributed by atoms with Crippen LogP contribution in [0.25, 0.3) is 11.3 Å². The van der Waals surface area contributed by atoms with Crippen molar-refractivity contribution in [2.75, 3.05) is 0 Å².